The lowest BCUT2D eigenvalue weighted by Crippen LogP contribution is -2.30. The molecular weight excluding hydrogens is 1220 g/mol. The number of carbonyl (C=O) groups excluding carboxylic acids is 4. The van der Waals surface area contributed by atoms with E-state index in [0.29, 0.717) is 25.7 Å². The summed E-state index contributed by atoms with van der Waals surface area (Å²) in [6.07, 6.45) is 50.5. The third-order valence-corrected chi connectivity index (χ3v) is 19.0. The van der Waals surface area contributed by atoms with Gasteiger partial charge in [-0.2, -0.15) is 0 Å². The molecule has 17 nitrogen and oxygen atoms in total. The number of esters is 4. The molecule has 0 rings (SSSR count). The summed E-state index contributed by atoms with van der Waals surface area (Å²) in [7, 11) is -9.90. The topological polar surface area (TPSA) is 237 Å². The van der Waals surface area contributed by atoms with Gasteiger partial charge in [-0.3, -0.25) is 37.3 Å². The normalized spacial score (nSPS) is 14.1. The fraction of sp³-hybridized carbons (Fsp3) is 0.946. The van der Waals surface area contributed by atoms with Gasteiger partial charge < -0.3 is 33.8 Å². The largest absolute Gasteiger partial charge is 0.472 e. The van der Waals surface area contributed by atoms with E-state index in [0.717, 1.165) is 114 Å². The number of phosphoric acid groups is 2. The van der Waals surface area contributed by atoms with Crippen LogP contribution < -0.4 is 0 Å². The van der Waals surface area contributed by atoms with Crippen LogP contribution in [0.5, 0.6) is 0 Å². The van der Waals surface area contributed by atoms with Crippen LogP contribution >= 0.6 is 15.6 Å². The van der Waals surface area contributed by atoms with E-state index >= 15 is 0 Å². The Hall–Kier alpha value is -1.94. The highest BCUT2D eigenvalue weighted by molar-refractivity contribution is 7.47. The van der Waals surface area contributed by atoms with Gasteiger partial charge in [0.1, 0.15) is 19.3 Å². The summed E-state index contributed by atoms with van der Waals surface area (Å²) in [6.45, 7) is 11.8. The summed E-state index contributed by atoms with van der Waals surface area (Å²) in [5.41, 5.74) is 0. The predicted octanol–water partition coefficient (Wildman–Crippen LogP) is 21.4. The Kier molecular flexibility index (Phi) is 63.4. The summed E-state index contributed by atoms with van der Waals surface area (Å²) < 4.78 is 68.2. The van der Waals surface area contributed by atoms with E-state index in [2.05, 4.69) is 48.5 Å². The molecule has 19 heteroatoms. The van der Waals surface area contributed by atoms with Crippen molar-refractivity contribution in [3.8, 4) is 0 Å². The summed E-state index contributed by atoms with van der Waals surface area (Å²) >= 11 is 0. The maximum absolute atomic E-state index is 13.1. The van der Waals surface area contributed by atoms with Gasteiger partial charge in [-0.25, -0.2) is 9.13 Å². The molecule has 0 fully saturated rings. The van der Waals surface area contributed by atoms with Crippen LogP contribution in [0.2, 0.25) is 0 Å². The van der Waals surface area contributed by atoms with Crippen LogP contribution in [0.3, 0.4) is 0 Å². The van der Waals surface area contributed by atoms with E-state index in [1.54, 1.807) is 0 Å². The zero-order valence-corrected chi connectivity index (χ0v) is 62.5. The minimum absolute atomic E-state index is 0.103. The Bertz CT molecular complexity index is 1820. The summed E-state index contributed by atoms with van der Waals surface area (Å²) in [4.78, 5) is 72.4. The van der Waals surface area contributed by atoms with E-state index in [4.69, 9.17) is 37.0 Å². The van der Waals surface area contributed by atoms with Crippen LogP contribution in [0.25, 0.3) is 0 Å². The number of hydrogen-bond acceptors (Lipinski definition) is 15. The maximum atomic E-state index is 13.1. The first-order valence-corrected chi connectivity index (χ1v) is 41.3. The van der Waals surface area contributed by atoms with Crippen molar-refractivity contribution in [2.75, 3.05) is 39.6 Å². The van der Waals surface area contributed by atoms with Crippen molar-refractivity contribution in [2.24, 2.45) is 17.8 Å². The molecule has 0 aliphatic carbocycles. The van der Waals surface area contributed by atoms with Gasteiger partial charge in [-0.1, -0.05) is 325 Å². The van der Waals surface area contributed by atoms with Gasteiger partial charge in [0, 0.05) is 25.7 Å². The Balaban J connectivity index is 5.14. The fourth-order valence-electron chi connectivity index (χ4n) is 11.2. The second-order valence-electron chi connectivity index (χ2n) is 28.1. The minimum Gasteiger partial charge on any atom is -0.462 e. The van der Waals surface area contributed by atoms with Crippen molar-refractivity contribution in [1.82, 2.24) is 0 Å². The Morgan fingerprint density at radius 2 is 0.495 bits per heavy atom. The standard InChI is InChI=1S/C74H144O17P2/c1-8-9-10-38-48-55-71(76)84-61-69(90-74(79)58-51-44-37-31-30-34-41-47-54-67(6)7)63-88-92(80,81)86-59-68(75)60-87-93(82,83)89-64-70(62-85-72(77)56-49-42-35-28-24-20-17-13-15-19-23-27-33-40-46-53-66(4)5)91-73(78)57-50-43-36-29-25-21-16-12-11-14-18-22-26-32-39-45-52-65(2)3/h65-70,75H,8-64H2,1-7H3,(H,80,81)(H,82,83)/t68-,69+,70+/m0/s1. The van der Waals surface area contributed by atoms with E-state index in [-0.39, 0.29) is 25.7 Å². The monoisotopic (exact) mass is 1370 g/mol. The smallest absolute Gasteiger partial charge is 0.462 e. The lowest BCUT2D eigenvalue weighted by atomic mass is 10.0. The minimum atomic E-state index is -4.95. The molecule has 0 saturated carbocycles. The van der Waals surface area contributed by atoms with Crippen molar-refractivity contribution in [2.45, 2.75) is 394 Å². The molecule has 0 radical (unpaired) electrons. The lowest BCUT2D eigenvalue weighted by Gasteiger charge is -2.21. The van der Waals surface area contributed by atoms with E-state index in [1.807, 2.05) is 0 Å². The molecule has 552 valence electrons. The highest BCUT2D eigenvalue weighted by Crippen LogP contribution is 2.45. The quantitative estimate of drug-likeness (QED) is 0.0222. The molecule has 93 heavy (non-hydrogen) atoms. The molecule has 0 aromatic carbocycles. The second kappa shape index (κ2) is 64.7. The van der Waals surface area contributed by atoms with E-state index in [1.165, 1.54) is 180 Å². The van der Waals surface area contributed by atoms with Gasteiger partial charge in [0.25, 0.3) is 0 Å². The van der Waals surface area contributed by atoms with Gasteiger partial charge in [0.15, 0.2) is 12.2 Å². The molecule has 0 amide bonds. The van der Waals surface area contributed by atoms with Crippen molar-refractivity contribution < 1.29 is 80.2 Å². The van der Waals surface area contributed by atoms with E-state index < -0.39 is 97.5 Å². The van der Waals surface area contributed by atoms with Crippen LogP contribution in [-0.2, 0) is 65.4 Å². The molecule has 0 aliphatic heterocycles. The van der Waals surface area contributed by atoms with Crippen LogP contribution in [0.4, 0.5) is 0 Å². The third kappa shape index (κ3) is 68.4. The molecule has 0 saturated heterocycles. The zero-order valence-electron chi connectivity index (χ0n) is 60.7. The second-order valence-corrected chi connectivity index (χ2v) is 31.0. The molecule has 0 aliphatic rings. The molecule has 0 aromatic rings. The SMILES string of the molecule is CCCCCCCC(=O)OC[C@H](COP(=O)(O)OC[C@H](O)COP(=O)(O)OC[C@@H](COC(=O)CCCCCCCCCCCCCCCCCC(C)C)OC(=O)CCCCCCCCCCCCCCCCCCC(C)C)OC(=O)CCCCCCCCCCC(C)C. The zero-order chi connectivity index (χ0) is 68.7. The maximum Gasteiger partial charge on any atom is 0.472 e. The summed E-state index contributed by atoms with van der Waals surface area (Å²) in [6, 6.07) is 0. The van der Waals surface area contributed by atoms with Crippen LogP contribution in [0, 0.1) is 17.8 Å². The van der Waals surface area contributed by atoms with Crippen molar-refractivity contribution in [3.63, 3.8) is 0 Å². The molecule has 5 atom stereocenters. The van der Waals surface area contributed by atoms with Crippen molar-refractivity contribution >= 4 is 39.5 Å². The summed E-state index contributed by atoms with van der Waals surface area (Å²) in [5.74, 6) is 0.201. The van der Waals surface area contributed by atoms with Gasteiger partial charge in [0.2, 0.25) is 0 Å². The molecule has 2 unspecified atom stereocenters. The predicted molar refractivity (Wildman–Crippen MR) is 377 cm³/mol. The van der Waals surface area contributed by atoms with Gasteiger partial charge in [-0.15, -0.1) is 0 Å². The Labute approximate surface area is 568 Å². The molecule has 0 spiro atoms. The van der Waals surface area contributed by atoms with Crippen LogP contribution in [-0.4, -0.2) is 96.7 Å². The van der Waals surface area contributed by atoms with Crippen LogP contribution in [0.15, 0.2) is 0 Å². The molecule has 3 N–H and O–H groups in total. The first kappa shape index (κ1) is 91.1. The van der Waals surface area contributed by atoms with Crippen molar-refractivity contribution in [3.05, 3.63) is 0 Å². The van der Waals surface area contributed by atoms with Gasteiger partial charge in [-0.05, 0) is 43.4 Å². The number of aliphatic hydroxyl groups is 1. The fourth-order valence-corrected chi connectivity index (χ4v) is 12.8. The summed E-state index contributed by atoms with van der Waals surface area (Å²) in [5, 5.41) is 10.6. The van der Waals surface area contributed by atoms with E-state index in [9.17, 15) is 43.2 Å². The lowest BCUT2D eigenvalue weighted by molar-refractivity contribution is -0.161. The number of phosphoric ester groups is 2. The van der Waals surface area contributed by atoms with Gasteiger partial charge in [0.05, 0.1) is 26.4 Å². The third-order valence-electron chi connectivity index (χ3n) is 17.1. The average molecular weight is 1370 g/mol. The molecular formula is C74H144O17P2. The molecule has 0 aromatic heterocycles. The first-order chi connectivity index (χ1) is 44.7. The number of aliphatic hydroxyl groups excluding tert-OH is 1. The molecule has 0 bridgehead atoms. The van der Waals surface area contributed by atoms with Crippen molar-refractivity contribution in [1.29, 1.82) is 0 Å². The number of unbranched alkanes of at least 4 members (excludes halogenated alkanes) is 40. The number of hydrogen-bond donors (Lipinski definition) is 3. The number of rotatable bonds is 72. The molecule has 0 heterocycles. The average Bonchev–Trinajstić information content (AvgIpc) is 2.85. The van der Waals surface area contributed by atoms with Gasteiger partial charge >= 0.3 is 39.5 Å². The number of carbonyl (C=O) groups is 4. The highest BCUT2D eigenvalue weighted by Gasteiger charge is 2.30. The number of ether oxygens (including phenoxy) is 4. The highest BCUT2D eigenvalue weighted by atomic mass is 31.2. The Morgan fingerprint density at radius 1 is 0.290 bits per heavy atom. The van der Waals surface area contributed by atoms with Crippen LogP contribution in [0.1, 0.15) is 376 Å². The first-order valence-electron chi connectivity index (χ1n) is 38.3. The Morgan fingerprint density at radius 3 is 0.731 bits per heavy atom.